The first kappa shape index (κ1) is 13.9. The van der Waals surface area contributed by atoms with Gasteiger partial charge in [-0.3, -0.25) is 4.90 Å². The molecule has 0 aromatic heterocycles. The highest BCUT2D eigenvalue weighted by Crippen LogP contribution is 2.06. The van der Waals surface area contributed by atoms with Crippen molar-refractivity contribution in [1.82, 2.24) is 4.90 Å². The van der Waals surface area contributed by atoms with Crippen molar-refractivity contribution in [2.24, 2.45) is 5.73 Å². The van der Waals surface area contributed by atoms with Gasteiger partial charge in [0.05, 0.1) is 0 Å². The minimum Gasteiger partial charge on any atom is -0.330 e. The molecule has 94 valence electrons. The molecule has 0 amide bonds. The molecule has 1 rings (SSSR count). The molecule has 2 N–H and O–H groups in total. The van der Waals surface area contributed by atoms with E-state index in [9.17, 15) is 0 Å². The highest BCUT2D eigenvalue weighted by Gasteiger charge is 2.04. The topological polar surface area (TPSA) is 29.3 Å². The van der Waals surface area contributed by atoms with E-state index in [1.165, 1.54) is 12.0 Å². The summed E-state index contributed by atoms with van der Waals surface area (Å²) in [5, 5.41) is 0. The van der Waals surface area contributed by atoms with Gasteiger partial charge in [-0.25, -0.2) is 0 Å². The minimum atomic E-state index is 0.771. The molecule has 2 heteroatoms. The van der Waals surface area contributed by atoms with Crippen LogP contribution in [0.5, 0.6) is 0 Å². The quantitative estimate of drug-likeness (QED) is 0.524. The second-order valence-corrected chi connectivity index (χ2v) is 4.33. The molecule has 2 nitrogen and oxygen atoms in total. The minimum absolute atomic E-state index is 0.771. The van der Waals surface area contributed by atoms with Crippen LogP contribution in [0.3, 0.4) is 0 Å². The predicted molar refractivity (Wildman–Crippen MR) is 74.8 cm³/mol. The van der Waals surface area contributed by atoms with Crippen LogP contribution >= 0.6 is 0 Å². The highest BCUT2D eigenvalue weighted by atomic mass is 15.1. The van der Waals surface area contributed by atoms with E-state index in [0.29, 0.717) is 0 Å². The fourth-order valence-electron chi connectivity index (χ4n) is 1.89. The zero-order valence-electron chi connectivity index (χ0n) is 10.6. The first-order valence-electron chi connectivity index (χ1n) is 6.44. The van der Waals surface area contributed by atoms with Crippen LogP contribution in [0, 0.1) is 0 Å². The van der Waals surface area contributed by atoms with Crippen molar-refractivity contribution in [3.63, 3.8) is 0 Å². The fraction of sp³-hybridized carbons (Fsp3) is 0.467. The summed E-state index contributed by atoms with van der Waals surface area (Å²) >= 11 is 0. The monoisotopic (exact) mass is 232 g/mol. The van der Waals surface area contributed by atoms with Gasteiger partial charge >= 0.3 is 0 Å². The fourth-order valence-corrected chi connectivity index (χ4v) is 1.89. The lowest BCUT2D eigenvalue weighted by Gasteiger charge is -2.21. The Hall–Kier alpha value is -1.12. The lowest BCUT2D eigenvalue weighted by atomic mass is 10.2. The Morgan fingerprint density at radius 2 is 1.82 bits per heavy atom. The van der Waals surface area contributed by atoms with Crippen molar-refractivity contribution < 1.29 is 0 Å². The molecule has 0 spiro atoms. The average Bonchev–Trinajstić information content (AvgIpc) is 2.37. The molecule has 0 saturated heterocycles. The van der Waals surface area contributed by atoms with Gasteiger partial charge in [0, 0.05) is 6.54 Å². The molecule has 0 aliphatic heterocycles. The maximum atomic E-state index is 5.58. The van der Waals surface area contributed by atoms with Crippen LogP contribution in [0.15, 0.2) is 43.0 Å². The number of nitrogens with two attached hydrogens (primary N) is 1. The standard InChI is InChI=1S/C15H24N2/c1-2-3-7-12-17(13-8-11-16)14-15-9-5-4-6-10-15/h2,4-6,9-10H,1,3,7-8,11-14,16H2. The SMILES string of the molecule is C=CCCCN(CCCN)Cc1ccccc1. The number of allylic oxidation sites excluding steroid dienone is 1. The number of rotatable bonds is 9. The van der Waals surface area contributed by atoms with Gasteiger partial charge in [-0.15, -0.1) is 6.58 Å². The normalized spacial score (nSPS) is 10.7. The first-order valence-corrected chi connectivity index (χ1v) is 6.44. The molecule has 1 aromatic carbocycles. The molecule has 1 aromatic rings. The number of nitrogens with zero attached hydrogens (tertiary/aromatic N) is 1. The third-order valence-corrected chi connectivity index (χ3v) is 2.81. The summed E-state index contributed by atoms with van der Waals surface area (Å²) in [6.45, 7) is 7.77. The molecule has 0 heterocycles. The molecule has 17 heavy (non-hydrogen) atoms. The summed E-state index contributed by atoms with van der Waals surface area (Å²) in [6.07, 6.45) is 5.33. The first-order chi connectivity index (χ1) is 8.36. The van der Waals surface area contributed by atoms with E-state index >= 15 is 0 Å². The zero-order valence-corrected chi connectivity index (χ0v) is 10.6. The Morgan fingerprint density at radius 3 is 2.47 bits per heavy atom. The average molecular weight is 232 g/mol. The van der Waals surface area contributed by atoms with E-state index in [-0.39, 0.29) is 0 Å². The van der Waals surface area contributed by atoms with E-state index in [4.69, 9.17) is 5.73 Å². The van der Waals surface area contributed by atoms with Gasteiger partial charge < -0.3 is 5.73 Å². The third kappa shape index (κ3) is 6.25. The van der Waals surface area contributed by atoms with Gasteiger partial charge in [0.15, 0.2) is 0 Å². The van der Waals surface area contributed by atoms with Crippen LogP contribution in [0.1, 0.15) is 24.8 Å². The lowest BCUT2D eigenvalue weighted by Crippen LogP contribution is -2.27. The van der Waals surface area contributed by atoms with Crippen LogP contribution in [0.2, 0.25) is 0 Å². The predicted octanol–water partition coefficient (Wildman–Crippen LogP) is 2.80. The molecule has 0 atom stereocenters. The van der Waals surface area contributed by atoms with Crippen molar-refractivity contribution in [2.45, 2.75) is 25.8 Å². The van der Waals surface area contributed by atoms with Crippen LogP contribution in [0.25, 0.3) is 0 Å². The summed E-state index contributed by atoms with van der Waals surface area (Å²) in [5.74, 6) is 0. The zero-order chi connectivity index (χ0) is 12.3. The van der Waals surface area contributed by atoms with Crippen molar-refractivity contribution >= 4 is 0 Å². The molecular formula is C15H24N2. The van der Waals surface area contributed by atoms with Crippen LogP contribution in [-0.2, 0) is 6.54 Å². The largest absolute Gasteiger partial charge is 0.330 e. The van der Waals surface area contributed by atoms with Crippen LogP contribution < -0.4 is 5.73 Å². The number of unbranched alkanes of at least 4 members (excludes halogenated alkanes) is 1. The maximum absolute atomic E-state index is 5.58. The Kier molecular flexibility index (Phi) is 7.35. The molecule has 0 radical (unpaired) electrons. The number of hydrogen-bond acceptors (Lipinski definition) is 2. The van der Waals surface area contributed by atoms with Crippen LogP contribution in [-0.4, -0.2) is 24.5 Å². The summed E-state index contributed by atoms with van der Waals surface area (Å²) in [4.78, 5) is 2.48. The van der Waals surface area contributed by atoms with Crippen molar-refractivity contribution in [2.75, 3.05) is 19.6 Å². The summed E-state index contributed by atoms with van der Waals surface area (Å²) in [5.41, 5.74) is 6.96. The molecule has 0 fully saturated rings. The molecule has 0 bridgehead atoms. The second kappa shape index (κ2) is 8.97. The van der Waals surface area contributed by atoms with Crippen molar-refractivity contribution in [3.05, 3.63) is 48.6 Å². The summed E-state index contributed by atoms with van der Waals surface area (Å²) < 4.78 is 0. The smallest absolute Gasteiger partial charge is 0.0233 e. The molecule has 0 aliphatic carbocycles. The highest BCUT2D eigenvalue weighted by molar-refractivity contribution is 5.14. The summed E-state index contributed by atoms with van der Waals surface area (Å²) in [7, 11) is 0. The van der Waals surface area contributed by atoms with E-state index in [1.54, 1.807) is 0 Å². The van der Waals surface area contributed by atoms with Gasteiger partial charge in [0.1, 0.15) is 0 Å². The van der Waals surface area contributed by atoms with Crippen molar-refractivity contribution in [3.8, 4) is 0 Å². The lowest BCUT2D eigenvalue weighted by molar-refractivity contribution is 0.261. The maximum Gasteiger partial charge on any atom is 0.0233 e. The third-order valence-electron chi connectivity index (χ3n) is 2.81. The molecule has 0 aliphatic rings. The molecular weight excluding hydrogens is 208 g/mol. The van der Waals surface area contributed by atoms with E-state index < -0.39 is 0 Å². The van der Waals surface area contributed by atoms with Gasteiger partial charge in [-0.1, -0.05) is 36.4 Å². The molecule has 0 unspecified atom stereocenters. The van der Waals surface area contributed by atoms with Gasteiger partial charge in [-0.2, -0.15) is 0 Å². The Balaban J connectivity index is 2.41. The Labute approximate surface area is 105 Å². The van der Waals surface area contributed by atoms with E-state index in [2.05, 4.69) is 41.8 Å². The second-order valence-electron chi connectivity index (χ2n) is 4.33. The van der Waals surface area contributed by atoms with Gasteiger partial charge in [-0.05, 0) is 44.5 Å². The number of hydrogen-bond donors (Lipinski definition) is 1. The van der Waals surface area contributed by atoms with E-state index in [1.807, 2.05) is 6.08 Å². The van der Waals surface area contributed by atoms with Crippen LogP contribution in [0.4, 0.5) is 0 Å². The summed E-state index contributed by atoms with van der Waals surface area (Å²) in [6, 6.07) is 10.6. The number of benzene rings is 1. The Morgan fingerprint density at radius 1 is 1.12 bits per heavy atom. The molecule has 0 saturated carbocycles. The van der Waals surface area contributed by atoms with Gasteiger partial charge in [0.25, 0.3) is 0 Å². The van der Waals surface area contributed by atoms with Gasteiger partial charge in [0.2, 0.25) is 0 Å². The van der Waals surface area contributed by atoms with Crippen molar-refractivity contribution in [1.29, 1.82) is 0 Å². The van der Waals surface area contributed by atoms with E-state index in [0.717, 1.165) is 39.0 Å². The Bertz CT molecular complexity index is 295.